The second kappa shape index (κ2) is 5.26. The molecule has 5 nitrogen and oxygen atoms in total. The lowest BCUT2D eigenvalue weighted by Crippen LogP contribution is -2.35. The monoisotopic (exact) mass is 309 g/mol. The van der Waals surface area contributed by atoms with Gasteiger partial charge >= 0.3 is 0 Å². The zero-order chi connectivity index (χ0) is 15.9. The highest BCUT2D eigenvalue weighted by Gasteiger charge is 2.39. The normalized spacial score (nSPS) is 22.4. The van der Waals surface area contributed by atoms with E-state index in [2.05, 4.69) is 28.2 Å². The number of aliphatic imine (C=N–C) groups is 1. The van der Waals surface area contributed by atoms with Crippen LogP contribution in [0, 0.1) is 0 Å². The molecule has 1 aromatic carbocycles. The fraction of sp³-hybridized carbons (Fsp3) is 0.333. The number of nitrogens with zero attached hydrogens (tertiary/aromatic N) is 2. The van der Waals surface area contributed by atoms with Gasteiger partial charge in [-0.3, -0.25) is 4.98 Å². The first-order valence-corrected chi connectivity index (χ1v) is 7.77. The average Bonchev–Trinajstić information content (AvgIpc) is 2.94. The Morgan fingerprint density at radius 3 is 3.00 bits per heavy atom. The maximum Gasteiger partial charge on any atom is 0.282 e. The lowest BCUT2D eigenvalue weighted by Gasteiger charge is -2.31. The minimum Gasteiger partial charge on any atom is -0.495 e. The van der Waals surface area contributed by atoms with Gasteiger partial charge in [-0.15, -0.1) is 0 Å². The van der Waals surface area contributed by atoms with Crippen LogP contribution < -0.4 is 10.5 Å². The fourth-order valence-corrected chi connectivity index (χ4v) is 3.57. The summed E-state index contributed by atoms with van der Waals surface area (Å²) in [6.45, 7) is 0.587. The van der Waals surface area contributed by atoms with Crippen molar-refractivity contribution in [2.24, 2.45) is 10.7 Å². The van der Waals surface area contributed by atoms with E-state index in [0.717, 1.165) is 30.6 Å². The smallest absolute Gasteiger partial charge is 0.282 e. The van der Waals surface area contributed by atoms with E-state index >= 15 is 0 Å². The summed E-state index contributed by atoms with van der Waals surface area (Å²) >= 11 is 0. The molecule has 4 rings (SSSR count). The standard InChI is InChI=1S/C18H19N3O2/c1-22-14-7-13(9-20-10-14)15-4-2-3-12-8-18(6-5-16(12)15)11-23-17(19)21-18/h2-4,7,9-10H,5-6,8,11H2,1H3,(H2,19,21). The molecule has 1 spiro atoms. The molecule has 0 radical (unpaired) electrons. The third-order valence-corrected chi connectivity index (χ3v) is 4.73. The van der Waals surface area contributed by atoms with Crippen molar-refractivity contribution in [2.75, 3.05) is 13.7 Å². The first-order valence-electron chi connectivity index (χ1n) is 7.77. The average molecular weight is 309 g/mol. The molecule has 0 fully saturated rings. The first kappa shape index (κ1) is 14.1. The molecule has 2 heterocycles. The van der Waals surface area contributed by atoms with Crippen LogP contribution in [-0.4, -0.2) is 30.3 Å². The molecular weight excluding hydrogens is 290 g/mol. The van der Waals surface area contributed by atoms with Crippen LogP contribution >= 0.6 is 0 Å². The van der Waals surface area contributed by atoms with Crippen LogP contribution in [0.3, 0.4) is 0 Å². The summed E-state index contributed by atoms with van der Waals surface area (Å²) in [6.07, 6.45) is 6.39. The van der Waals surface area contributed by atoms with Gasteiger partial charge in [-0.05, 0) is 35.6 Å². The van der Waals surface area contributed by atoms with E-state index in [9.17, 15) is 0 Å². The molecular formula is C18H19N3O2. The molecule has 1 aliphatic carbocycles. The second-order valence-electron chi connectivity index (χ2n) is 6.20. The highest BCUT2D eigenvalue weighted by atomic mass is 16.5. The Labute approximate surface area is 135 Å². The summed E-state index contributed by atoms with van der Waals surface area (Å²) in [5.41, 5.74) is 10.5. The Hall–Kier alpha value is -2.56. The molecule has 5 heteroatoms. The first-order chi connectivity index (χ1) is 11.2. The van der Waals surface area contributed by atoms with Gasteiger partial charge < -0.3 is 15.2 Å². The number of fused-ring (bicyclic) bond motifs is 1. The summed E-state index contributed by atoms with van der Waals surface area (Å²) in [4.78, 5) is 8.83. The number of ether oxygens (including phenoxy) is 2. The molecule has 2 aliphatic rings. The maximum absolute atomic E-state index is 5.72. The van der Waals surface area contributed by atoms with E-state index < -0.39 is 0 Å². The van der Waals surface area contributed by atoms with Crippen molar-refractivity contribution in [1.82, 2.24) is 4.98 Å². The number of benzene rings is 1. The Balaban J connectivity index is 1.74. The van der Waals surface area contributed by atoms with E-state index in [4.69, 9.17) is 15.2 Å². The second-order valence-corrected chi connectivity index (χ2v) is 6.20. The molecule has 23 heavy (non-hydrogen) atoms. The number of methoxy groups -OCH3 is 1. The van der Waals surface area contributed by atoms with Gasteiger partial charge in [0.15, 0.2) is 0 Å². The Kier molecular flexibility index (Phi) is 3.22. The van der Waals surface area contributed by atoms with Gasteiger partial charge in [0.1, 0.15) is 17.9 Å². The zero-order valence-corrected chi connectivity index (χ0v) is 13.1. The van der Waals surface area contributed by atoms with E-state index in [1.165, 1.54) is 16.7 Å². The predicted molar refractivity (Wildman–Crippen MR) is 88.6 cm³/mol. The summed E-state index contributed by atoms with van der Waals surface area (Å²) < 4.78 is 10.7. The number of hydrogen-bond donors (Lipinski definition) is 1. The fourth-order valence-electron chi connectivity index (χ4n) is 3.57. The molecule has 0 amide bonds. The van der Waals surface area contributed by atoms with Crippen molar-refractivity contribution >= 4 is 6.02 Å². The quantitative estimate of drug-likeness (QED) is 0.924. The summed E-state index contributed by atoms with van der Waals surface area (Å²) in [5, 5.41) is 0. The van der Waals surface area contributed by atoms with E-state index in [1.54, 1.807) is 13.3 Å². The van der Waals surface area contributed by atoms with Crippen LogP contribution in [0.15, 0.2) is 41.7 Å². The number of amidine groups is 1. The predicted octanol–water partition coefficient (Wildman–Crippen LogP) is 2.33. The minimum atomic E-state index is -0.178. The van der Waals surface area contributed by atoms with Crippen molar-refractivity contribution in [3.63, 3.8) is 0 Å². The van der Waals surface area contributed by atoms with Gasteiger partial charge in [-0.25, -0.2) is 4.99 Å². The maximum atomic E-state index is 5.72. The molecule has 2 N–H and O–H groups in total. The van der Waals surface area contributed by atoms with Crippen molar-refractivity contribution in [3.8, 4) is 16.9 Å². The highest BCUT2D eigenvalue weighted by Crippen LogP contribution is 2.38. The van der Waals surface area contributed by atoms with Gasteiger partial charge in [0.25, 0.3) is 6.02 Å². The van der Waals surface area contributed by atoms with Crippen molar-refractivity contribution in [1.29, 1.82) is 0 Å². The highest BCUT2D eigenvalue weighted by molar-refractivity contribution is 5.74. The SMILES string of the molecule is COc1cncc(-c2cccc3c2CCC2(COC(N)=N2)C3)c1. The third-order valence-electron chi connectivity index (χ3n) is 4.73. The van der Waals surface area contributed by atoms with Crippen molar-refractivity contribution < 1.29 is 9.47 Å². The number of aromatic nitrogens is 1. The van der Waals surface area contributed by atoms with Gasteiger partial charge in [-0.2, -0.15) is 0 Å². The zero-order valence-electron chi connectivity index (χ0n) is 13.1. The van der Waals surface area contributed by atoms with Gasteiger partial charge in [0.05, 0.1) is 13.3 Å². The van der Waals surface area contributed by atoms with Gasteiger partial charge in [0, 0.05) is 18.2 Å². The number of hydrogen-bond acceptors (Lipinski definition) is 5. The van der Waals surface area contributed by atoms with Crippen LogP contribution in [0.25, 0.3) is 11.1 Å². The molecule has 1 unspecified atom stereocenters. The largest absolute Gasteiger partial charge is 0.495 e. The Morgan fingerprint density at radius 1 is 1.30 bits per heavy atom. The van der Waals surface area contributed by atoms with Crippen LogP contribution in [0.1, 0.15) is 17.5 Å². The molecule has 2 aromatic rings. The molecule has 0 saturated carbocycles. The number of nitrogens with two attached hydrogens (primary N) is 1. The molecule has 0 saturated heterocycles. The van der Waals surface area contributed by atoms with Crippen LogP contribution in [0.4, 0.5) is 0 Å². The van der Waals surface area contributed by atoms with Crippen molar-refractivity contribution in [3.05, 3.63) is 47.8 Å². The minimum absolute atomic E-state index is 0.178. The molecule has 0 bridgehead atoms. The number of pyridine rings is 1. The van der Waals surface area contributed by atoms with E-state index in [-0.39, 0.29) is 5.54 Å². The summed E-state index contributed by atoms with van der Waals surface area (Å²) in [7, 11) is 1.66. The Morgan fingerprint density at radius 2 is 2.22 bits per heavy atom. The van der Waals surface area contributed by atoms with Crippen LogP contribution in [0.2, 0.25) is 0 Å². The molecule has 1 atom stereocenters. The summed E-state index contributed by atoms with van der Waals surface area (Å²) in [5.74, 6) is 0.772. The molecule has 118 valence electrons. The summed E-state index contributed by atoms with van der Waals surface area (Å²) in [6, 6.07) is 8.77. The number of rotatable bonds is 2. The van der Waals surface area contributed by atoms with Crippen LogP contribution in [0.5, 0.6) is 5.75 Å². The Bertz CT molecular complexity index is 788. The molecule has 1 aliphatic heterocycles. The van der Waals surface area contributed by atoms with Gasteiger partial charge in [-0.1, -0.05) is 18.2 Å². The topological polar surface area (TPSA) is 69.7 Å². The van der Waals surface area contributed by atoms with E-state index in [1.807, 2.05) is 12.3 Å². The van der Waals surface area contributed by atoms with Crippen molar-refractivity contribution in [2.45, 2.75) is 24.8 Å². The third kappa shape index (κ3) is 2.42. The van der Waals surface area contributed by atoms with Gasteiger partial charge in [0.2, 0.25) is 0 Å². The lowest BCUT2D eigenvalue weighted by molar-refractivity contribution is 0.235. The van der Waals surface area contributed by atoms with Crippen LogP contribution in [-0.2, 0) is 17.6 Å². The molecule has 1 aromatic heterocycles. The lowest BCUT2D eigenvalue weighted by atomic mass is 9.77. The van der Waals surface area contributed by atoms with E-state index in [0.29, 0.717) is 12.6 Å².